The molecule has 0 saturated carbocycles. The molecule has 0 aliphatic carbocycles. The van der Waals surface area contributed by atoms with Gasteiger partial charge in [-0.1, -0.05) is 0 Å². The average molecular weight is 243 g/mol. The number of benzene rings is 1. The minimum absolute atomic E-state index is 0.131. The van der Waals surface area contributed by atoms with E-state index in [2.05, 4.69) is 29.9 Å². The predicted octanol–water partition coefficient (Wildman–Crippen LogP) is 2.12. The van der Waals surface area contributed by atoms with Gasteiger partial charge in [0.05, 0.1) is 17.6 Å². The number of aromatic nitrogens is 3. The van der Waals surface area contributed by atoms with Gasteiger partial charge in [0, 0.05) is 0 Å². The third kappa shape index (κ3) is 1.60. The van der Waals surface area contributed by atoms with Crippen molar-refractivity contribution in [2.75, 3.05) is 0 Å². The summed E-state index contributed by atoms with van der Waals surface area (Å²) in [6.07, 6.45) is 3.12. The van der Waals surface area contributed by atoms with Crippen molar-refractivity contribution in [3.8, 4) is 6.01 Å². The van der Waals surface area contributed by atoms with Gasteiger partial charge in [-0.15, -0.1) is 0 Å². The van der Waals surface area contributed by atoms with E-state index in [0.717, 1.165) is 11.0 Å². The SMILES string of the molecule is Cc1cc2ncn(-c3nc(CO)co3)c2cc1C. The fourth-order valence-corrected chi connectivity index (χ4v) is 1.90. The van der Waals surface area contributed by atoms with Gasteiger partial charge in [0.1, 0.15) is 18.3 Å². The number of hydrogen-bond donors (Lipinski definition) is 1. The Bertz CT molecular complexity index is 712. The zero-order chi connectivity index (χ0) is 12.7. The quantitative estimate of drug-likeness (QED) is 0.748. The van der Waals surface area contributed by atoms with Crippen LogP contribution < -0.4 is 0 Å². The van der Waals surface area contributed by atoms with E-state index < -0.39 is 0 Å². The molecule has 0 bridgehead atoms. The summed E-state index contributed by atoms with van der Waals surface area (Å²) in [4.78, 5) is 8.51. The standard InChI is InChI=1S/C13H13N3O2/c1-8-3-11-12(4-9(8)2)16(7-14-11)13-15-10(5-17)6-18-13/h3-4,6-7,17H,5H2,1-2H3. The Morgan fingerprint density at radius 3 is 2.78 bits per heavy atom. The van der Waals surface area contributed by atoms with Crippen molar-refractivity contribution in [2.45, 2.75) is 20.5 Å². The summed E-state index contributed by atoms with van der Waals surface area (Å²) in [5.41, 5.74) is 4.76. The molecular weight excluding hydrogens is 230 g/mol. The van der Waals surface area contributed by atoms with Crippen LogP contribution >= 0.6 is 0 Å². The van der Waals surface area contributed by atoms with Crippen LogP contribution in [0.5, 0.6) is 0 Å². The number of fused-ring (bicyclic) bond motifs is 1. The lowest BCUT2D eigenvalue weighted by atomic mass is 10.1. The Balaban J connectivity index is 2.20. The average Bonchev–Trinajstić information content (AvgIpc) is 2.96. The number of nitrogens with zero attached hydrogens (tertiary/aromatic N) is 3. The molecule has 0 atom stereocenters. The summed E-state index contributed by atoms with van der Waals surface area (Å²) in [5.74, 6) is 0. The minimum atomic E-state index is -0.131. The highest BCUT2D eigenvalue weighted by atomic mass is 16.4. The Morgan fingerprint density at radius 1 is 1.28 bits per heavy atom. The van der Waals surface area contributed by atoms with Crippen LogP contribution in [0.1, 0.15) is 16.8 Å². The van der Waals surface area contributed by atoms with E-state index in [4.69, 9.17) is 9.52 Å². The molecule has 1 N–H and O–H groups in total. The van der Waals surface area contributed by atoms with Crippen molar-refractivity contribution in [3.05, 3.63) is 41.5 Å². The lowest BCUT2D eigenvalue weighted by molar-refractivity contribution is 0.276. The van der Waals surface area contributed by atoms with Gasteiger partial charge in [0.2, 0.25) is 0 Å². The van der Waals surface area contributed by atoms with Crippen LogP contribution in [-0.2, 0) is 6.61 Å². The third-order valence-electron chi connectivity index (χ3n) is 3.07. The first-order valence-electron chi connectivity index (χ1n) is 5.69. The molecule has 3 aromatic rings. The Kier molecular flexibility index (Phi) is 2.41. The maximum atomic E-state index is 8.99. The Morgan fingerprint density at radius 2 is 2.06 bits per heavy atom. The molecule has 0 aliphatic rings. The van der Waals surface area contributed by atoms with Gasteiger partial charge in [-0.3, -0.25) is 4.57 Å². The molecular formula is C13H13N3O2. The maximum absolute atomic E-state index is 8.99. The van der Waals surface area contributed by atoms with E-state index in [1.807, 2.05) is 6.07 Å². The lowest BCUT2D eigenvalue weighted by Gasteiger charge is -2.01. The van der Waals surface area contributed by atoms with Crippen molar-refractivity contribution < 1.29 is 9.52 Å². The second-order valence-corrected chi connectivity index (χ2v) is 4.32. The van der Waals surface area contributed by atoms with Gasteiger partial charge in [0.25, 0.3) is 0 Å². The zero-order valence-corrected chi connectivity index (χ0v) is 10.2. The molecule has 0 fully saturated rings. The molecule has 0 aliphatic heterocycles. The second-order valence-electron chi connectivity index (χ2n) is 4.32. The molecule has 0 spiro atoms. The van der Waals surface area contributed by atoms with Crippen LogP contribution in [-0.4, -0.2) is 19.6 Å². The number of aliphatic hydroxyl groups is 1. The highest BCUT2D eigenvalue weighted by molar-refractivity contribution is 5.78. The first-order chi connectivity index (χ1) is 8.69. The van der Waals surface area contributed by atoms with Crippen molar-refractivity contribution in [1.29, 1.82) is 0 Å². The van der Waals surface area contributed by atoms with Crippen molar-refractivity contribution in [3.63, 3.8) is 0 Å². The number of rotatable bonds is 2. The number of aryl methyl sites for hydroxylation is 2. The van der Waals surface area contributed by atoms with Gasteiger partial charge in [-0.25, -0.2) is 4.98 Å². The molecule has 1 aromatic carbocycles. The molecule has 5 heteroatoms. The van der Waals surface area contributed by atoms with Crippen LogP contribution in [0.4, 0.5) is 0 Å². The fraction of sp³-hybridized carbons (Fsp3) is 0.231. The summed E-state index contributed by atoms with van der Waals surface area (Å²) in [7, 11) is 0. The van der Waals surface area contributed by atoms with Crippen LogP contribution in [0, 0.1) is 13.8 Å². The van der Waals surface area contributed by atoms with E-state index in [1.54, 1.807) is 10.9 Å². The van der Waals surface area contributed by atoms with E-state index in [1.165, 1.54) is 17.4 Å². The van der Waals surface area contributed by atoms with E-state index in [0.29, 0.717) is 11.7 Å². The summed E-state index contributed by atoms with van der Waals surface area (Å²) in [6.45, 7) is 3.98. The zero-order valence-electron chi connectivity index (χ0n) is 10.2. The smallest absolute Gasteiger partial charge is 0.307 e. The van der Waals surface area contributed by atoms with Crippen LogP contribution in [0.2, 0.25) is 0 Å². The van der Waals surface area contributed by atoms with E-state index >= 15 is 0 Å². The molecule has 5 nitrogen and oxygen atoms in total. The van der Waals surface area contributed by atoms with Gasteiger partial charge in [-0.2, -0.15) is 4.98 Å². The minimum Gasteiger partial charge on any atom is -0.431 e. The monoisotopic (exact) mass is 243 g/mol. The van der Waals surface area contributed by atoms with Gasteiger partial charge in [0.15, 0.2) is 0 Å². The lowest BCUT2D eigenvalue weighted by Crippen LogP contribution is -1.94. The Labute approximate surface area is 104 Å². The topological polar surface area (TPSA) is 64.1 Å². The largest absolute Gasteiger partial charge is 0.431 e. The summed E-state index contributed by atoms with van der Waals surface area (Å²) in [6, 6.07) is 4.52. The van der Waals surface area contributed by atoms with E-state index in [9.17, 15) is 0 Å². The van der Waals surface area contributed by atoms with Gasteiger partial charge < -0.3 is 9.52 Å². The highest BCUT2D eigenvalue weighted by Gasteiger charge is 2.11. The number of oxazole rings is 1. The van der Waals surface area contributed by atoms with Gasteiger partial charge in [-0.05, 0) is 37.1 Å². The normalized spacial score (nSPS) is 11.3. The molecule has 3 rings (SSSR count). The molecule has 0 unspecified atom stereocenters. The number of hydrogen-bond acceptors (Lipinski definition) is 4. The summed E-state index contributed by atoms with van der Waals surface area (Å²) >= 11 is 0. The molecule has 92 valence electrons. The molecule has 0 saturated heterocycles. The third-order valence-corrected chi connectivity index (χ3v) is 3.07. The van der Waals surface area contributed by atoms with Crippen molar-refractivity contribution in [2.24, 2.45) is 0 Å². The van der Waals surface area contributed by atoms with Crippen LogP contribution in [0.3, 0.4) is 0 Å². The number of aliphatic hydroxyl groups excluding tert-OH is 1. The molecule has 0 amide bonds. The van der Waals surface area contributed by atoms with E-state index in [-0.39, 0.29) is 6.61 Å². The van der Waals surface area contributed by atoms with Crippen molar-refractivity contribution >= 4 is 11.0 Å². The number of imidazole rings is 1. The fourth-order valence-electron chi connectivity index (χ4n) is 1.90. The summed E-state index contributed by atoms with van der Waals surface area (Å²) in [5, 5.41) is 8.99. The highest BCUT2D eigenvalue weighted by Crippen LogP contribution is 2.21. The molecule has 2 aromatic heterocycles. The predicted molar refractivity (Wildman–Crippen MR) is 66.5 cm³/mol. The second kappa shape index (κ2) is 3.96. The summed E-state index contributed by atoms with van der Waals surface area (Å²) < 4.78 is 7.11. The van der Waals surface area contributed by atoms with Crippen molar-refractivity contribution in [1.82, 2.24) is 14.5 Å². The van der Waals surface area contributed by atoms with Crippen LogP contribution in [0.15, 0.2) is 29.1 Å². The molecule has 0 radical (unpaired) electrons. The maximum Gasteiger partial charge on any atom is 0.307 e. The molecule has 18 heavy (non-hydrogen) atoms. The van der Waals surface area contributed by atoms with Crippen LogP contribution in [0.25, 0.3) is 17.0 Å². The Hall–Kier alpha value is -2.14. The molecule has 2 heterocycles. The van der Waals surface area contributed by atoms with Gasteiger partial charge >= 0.3 is 6.01 Å². The first-order valence-corrected chi connectivity index (χ1v) is 5.69. The first kappa shape index (κ1) is 11.0.